The highest BCUT2D eigenvalue weighted by Gasteiger charge is 2.32. The second-order valence-electron chi connectivity index (χ2n) is 8.47. The summed E-state index contributed by atoms with van der Waals surface area (Å²) in [5, 5.41) is 7.96. The Labute approximate surface area is 172 Å². The van der Waals surface area contributed by atoms with Crippen molar-refractivity contribution in [3.05, 3.63) is 53.1 Å². The van der Waals surface area contributed by atoms with E-state index in [2.05, 4.69) is 45.0 Å². The molecule has 1 fully saturated rings. The summed E-state index contributed by atoms with van der Waals surface area (Å²) in [4.78, 5) is 15.1. The van der Waals surface area contributed by atoms with Gasteiger partial charge in [0.15, 0.2) is 5.69 Å². The van der Waals surface area contributed by atoms with E-state index in [1.54, 1.807) is 6.07 Å². The molecular formula is C21H30ClFN4O. The van der Waals surface area contributed by atoms with Crippen LogP contribution in [-0.2, 0) is 5.54 Å². The number of rotatable bonds is 3. The molecule has 0 spiro atoms. The summed E-state index contributed by atoms with van der Waals surface area (Å²) in [5.41, 5.74) is 2.10. The number of hydrogen-bond acceptors (Lipinski definition) is 3. The summed E-state index contributed by atoms with van der Waals surface area (Å²) in [5.74, 6) is -0.124. The van der Waals surface area contributed by atoms with E-state index in [9.17, 15) is 9.18 Å². The van der Waals surface area contributed by atoms with Gasteiger partial charge in [0.1, 0.15) is 5.82 Å². The fourth-order valence-corrected chi connectivity index (χ4v) is 3.55. The largest absolute Gasteiger partial charge is 0.328 e. The fraction of sp³-hybridized carbons (Fsp3) is 0.524. The maximum Gasteiger partial charge on any atom is 0.274 e. The fourth-order valence-electron chi connectivity index (χ4n) is 3.55. The van der Waals surface area contributed by atoms with Crippen molar-refractivity contribution in [1.82, 2.24) is 20.0 Å². The number of nitrogens with zero attached hydrogens (tertiary/aromatic N) is 3. The monoisotopic (exact) mass is 408 g/mol. The Morgan fingerprint density at radius 3 is 2.57 bits per heavy atom. The first-order valence-corrected chi connectivity index (χ1v) is 9.56. The molecule has 1 aliphatic heterocycles. The van der Waals surface area contributed by atoms with Crippen LogP contribution in [0.25, 0.3) is 0 Å². The predicted octanol–water partition coefficient (Wildman–Crippen LogP) is 4.11. The van der Waals surface area contributed by atoms with Crippen molar-refractivity contribution >= 4 is 18.3 Å². The van der Waals surface area contributed by atoms with E-state index in [1.165, 1.54) is 12.1 Å². The SMILES string of the molecule is CC(C)c1cc(C(=O)N2CCNCC2c2cccc(F)c2)nn1C(C)(C)C.Cl. The minimum atomic E-state index is -0.287. The van der Waals surface area contributed by atoms with Gasteiger partial charge in [0, 0.05) is 25.3 Å². The van der Waals surface area contributed by atoms with E-state index < -0.39 is 0 Å². The van der Waals surface area contributed by atoms with E-state index in [0.717, 1.165) is 11.3 Å². The minimum absolute atomic E-state index is 0. The van der Waals surface area contributed by atoms with Gasteiger partial charge in [-0.1, -0.05) is 26.0 Å². The van der Waals surface area contributed by atoms with Crippen molar-refractivity contribution in [3.8, 4) is 0 Å². The zero-order valence-corrected chi connectivity index (χ0v) is 18.0. The van der Waals surface area contributed by atoms with Gasteiger partial charge in [-0.2, -0.15) is 5.10 Å². The average Bonchev–Trinajstić information content (AvgIpc) is 3.07. The van der Waals surface area contributed by atoms with Crippen molar-refractivity contribution in [2.45, 2.75) is 52.1 Å². The number of carbonyl (C=O) groups is 1. The standard InChI is InChI=1S/C21H29FN4O.ClH/c1-14(2)18-12-17(24-26(18)21(3,4)5)20(27)25-10-9-23-13-19(25)15-7-6-8-16(22)11-15;/h6-8,11-12,14,19,23H,9-10,13H2,1-5H3;1H. The Morgan fingerprint density at radius 2 is 2.00 bits per heavy atom. The quantitative estimate of drug-likeness (QED) is 0.831. The highest BCUT2D eigenvalue weighted by atomic mass is 35.5. The molecule has 7 heteroatoms. The van der Waals surface area contributed by atoms with E-state index in [1.807, 2.05) is 21.7 Å². The molecule has 2 aromatic rings. The minimum Gasteiger partial charge on any atom is -0.328 e. The molecule has 1 unspecified atom stereocenters. The van der Waals surface area contributed by atoms with Gasteiger partial charge in [0.05, 0.1) is 11.6 Å². The molecule has 5 nitrogen and oxygen atoms in total. The zero-order valence-electron chi connectivity index (χ0n) is 17.2. The second-order valence-corrected chi connectivity index (χ2v) is 8.47. The molecular weight excluding hydrogens is 379 g/mol. The molecule has 1 atom stereocenters. The molecule has 3 rings (SSSR count). The van der Waals surface area contributed by atoms with Gasteiger partial charge in [0.2, 0.25) is 0 Å². The number of piperazine rings is 1. The van der Waals surface area contributed by atoms with Crippen molar-refractivity contribution in [3.63, 3.8) is 0 Å². The van der Waals surface area contributed by atoms with Crippen LogP contribution in [0.5, 0.6) is 0 Å². The first-order valence-electron chi connectivity index (χ1n) is 9.56. The van der Waals surface area contributed by atoms with Crippen LogP contribution in [0.3, 0.4) is 0 Å². The lowest BCUT2D eigenvalue weighted by atomic mass is 10.0. The predicted molar refractivity (Wildman–Crippen MR) is 112 cm³/mol. The van der Waals surface area contributed by atoms with Crippen LogP contribution in [-0.4, -0.2) is 40.2 Å². The number of halogens is 2. The van der Waals surface area contributed by atoms with Crippen LogP contribution < -0.4 is 5.32 Å². The molecule has 154 valence electrons. The summed E-state index contributed by atoms with van der Waals surface area (Å²) < 4.78 is 15.7. The topological polar surface area (TPSA) is 50.2 Å². The maximum atomic E-state index is 13.7. The van der Waals surface area contributed by atoms with Gasteiger partial charge in [-0.05, 0) is 50.5 Å². The Bertz CT molecular complexity index is 828. The molecule has 0 bridgehead atoms. The normalized spacial score (nSPS) is 17.5. The van der Waals surface area contributed by atoms with E-state index in [0.29, 0.717) is 25.3 Å². The molecule has 0 saturated carbocycles. The van der Waals surface area contributed by atoms with Gasteiger partial charge in [0.25, 0.3) is 5.91 Å². The molecule has 0 aliphatic carbocycles. The summed E-state index contributed by atoms with van der Waals surface area (Å²) in [6, 6.07) is 8.19. The molecule has 1 saturated heterocycles. The molecule has 2 heterocycles. The summed E-state index contributed by atoms with van der Waals surface area (Å²) >= 11 is 0. The third-order valence-corrected chi connectivity index (χ3v) is 4.92. The van der Waals surface area contributed by atoms with E-state index in [4.69, 9.17) is 0 Å². The van der Waals surface area contributed by atoms with Crippen molar-refractivity contribution in [2.24, 2.45) is 0 Å². The lowest BCUT2D eigenvalue weighted by molar-refractivity contribution is 0.0626. The zero-order chi connectivity index (χ0) is 19.8. The van der Waals surface area contributed by atoms with E-state index in [-0.39, 0.29) is 41.6 Å². The molecule has 1 amide bonds. The van der Waals surface area contributed by atoms with Gasteiger partial charge in [-0.3, -0.25) is 9.48 Å². The number of aromatic nitrogens is 2. The van der Waals surface area contributed by atoms with E-state index >= 15 is 0 Å². The Balaban J connectivity index is 0.00000280. The van der Waals surface area contributed by atoms with Crippen molar-refractivity contribution in [2.75, 3.05) is 19.6 Å². The van der Waals surface area contributed by atoms with Crippen molar-refractivity contribution < 1.29 is 9.18 Å². The second kappa shape index (κ2) is 8.62. The number of carbonyl (C=O) groups excluding carboxylic acids is 1. The Hall–Kier alpha value is -1.92. The van der Waals surface area contributed by atoms with Gasteiger partial charge >= 0.3 is 0 Å². The third-order valence-electron chi connectivity index (χ3n) is 4.92. The Morgan fingerprint density at radius 1 is 1.29 bits per heavy atom. The molecule has 1 aromatic heterocycles. The van der Waals surface area contributed by atoms with Crippen LogP contribution in [0.15, 0.2) is 30.3 Å². The van der Waals surface area contributed by atoms with Gasteiger partial charge in [-0.25, -0.2) is 4.39 Å². The third kappa shape index (κ3) is 4.55. The summed E-state index contributed by atoms with van der Waals surface area (Å²) in [6.07, 6.45) is 0. The highest BCUT2D eigenvalue weighted by Crippen LogP contribution is 2.27. The lowest BCUT2D eigenvalue weighted by Crippen LogP contribution is -2.48. The number of benzene rings is 1. The Kier molecular flexibility index (Phi) is 6.88. The lowest BCUT2D eigenvalue weighted by Gasteiger charge is -2.36. The first-order chi connectivity index (χ1) is 12.7. The first kappa shape index (κ1) is 22.4. The number of hydrogen-bond donors (Lipinski definition) is 1. The van der Waals surface area contributed by atoms with Crippen molar-refractivity contribution in [1.29, 1.82) is 0 Å². The molecule has 0 radical (unpaired) electrons. The molecule has 1 aliphatic rings. The average molecular weight is 409 g/mol. The van der Waals surface area contributed by atoms with Crippen LogP contribution in [0.1, 0.15) is 68.3 Å². The molecule has 1 aromatic carbocycles. The van der Waals surface area contributed by atoms with Crippen LogP contribution >= 0.6 is 12.4 Å². The van der Waals surface area contributed by atoms with Gasteiger partial charge < -0.3 is 10.2 Å². The van der Waals surface area contributed by atoms with Crippen LogP contribution in [0.2, 0.25) is 0 Å². The van der Waals surface area contributed by atoms with Gasteiger partial charge in [-0.15, -0.1) is 12.4 Å². The smallest absolute Gasteiger partial charge is 0.274 e. The highest BCUT2D eigenvalue weighted by molar-refractivity contribution is 5.93. The van der Waals surface area contributed by atoms with Crippen LogP contribution in [0, 0.1) is 5.82 Å². The van der Waals surface area contributed by atoms with Crippen LogP contribution in [0.4, 0.5) is 4.39 Å². The molecule has 1 N–H and O–H groups in total. The summed E-state index contributed by atoms with van der Waals surface area (Å²) in [6.45, 7) is 12.4. The molecule has 28 heavy (non-hydrogen) atoms. The number of nitrogens with one attached hydrogen (secondary N) is 1. The summed E-state index contributed by atoms with van der Waals surface area (Å²) in [7, 11) is 0. The number of amides is 1. The maximum absolute atomic E-state index is 13.7.